The van der Waals surface area contributed by atoms with Crippen molar-refractivity contribution in [2.45, 2.75) is 96.1 Å². The van der Waals surface area contributed by atoms with Gasteiger partial charge in [-0.25, -0.2) is 0 Å². The van der Waals surface area contributed by atoms with Crippen LogP contribution in [0.1, 0.15) is 84.5 Å². The number of nitrogens with zero attached hydrogens (tertiary/aromatic N) is 1. The van der Waals surface area contributed by atoms with Crippen LogP contribution in [0.5, 0.6) is 0 Å². The lowest BCUT2D eigenvalue weighted by molar-refractivity contribution is 0.00673. The van der Waals surface area contributed by atoms with E-state index in [-0.39, 0.29) is 0 Å². The van der Waals surface area contributed by atoms with Gasteiger partial charge in [0.05, 0.1) is 0 Å². The Morgan fingerprint density at radius 3 is 2.40 bits per heavy atom. The third-order valence-electron chi connectivity index (χ3n) is 6.07. The zero-order valence-corrected chi connectivity index (χ0v) is 13.9. The second kappa shape index (κ2) is 7.79. The zero-order valence-electron chi connectivity index (χ0n) is 13.9. The topological polar surface area (TPSA) is 29.3 Å². The van der Waals surface area contributed by atoms with Gasteiger partial charge in [-0.2, -0.15) is 0 Å². The molecule has 20 heavy (non-hydrogen) atoms. The van der Waals surface area contributed by atoms with Gasteiger partial charge in [0.1, 0.15) is 0 Å². The summed E-state index contributed by atoms with van der Waals surface area (Å²) in [5.41, 5.74) is 6.66. The molecule has 2 N–H and O–H groups in total. The van der Waals surface area contributed by atoms with Gasteiger partial charge in [-0.1, -0.05) is 39.5 Å². The number of rotatable bonds is 5. The summed E-state index contributed by atoms with van der Waals surface area (Å²) >= 11 is 0. The standard InChI is InChI=1S/C18H36N2/c1-3-8-16-10-12-18(15-19,13-11-16)20-14-7-5-6-9-17(20)4-2/h16-17H,3-15,19H2,1-2H3. The monoisotopic (exact) mass is 280 g/mol. The molecule has 0 aromatic carbocycles. The average molecular weight is 280 g/mol. The van der Waals surface area contributed by atoms with Crippen molar-refractivity contribution in [3.8, 4) is 0 Å². The molecule has 1 atom stereocenters. The van der Waals surface area contributed by atoms with Crippen LogP contribution in [0.2, 0.25) is 0 Å². The zero-order chi connectivity index (χ0) is 14.4. The van der Waals surface area contributed by atoms with Gasteiger partial charge >= 0.3 is 0 Å². The third-order valence-corrected chi connectivity index (χ3v) is 6.07. The molecule has 2 heteroatoms. The SMILES string of the molecule is CCCC1CCC(CN)(N2CCCCCC2CC)CC1. The maximum Gasteiger partial charge on any atom is 0.0334 e. The summed E-state index contributed by atoms with van der Waals surface area (Å²) in [6.07, 6.45) is 15.2. The van der Waals surface area contributed by atoms with E-state index < -0.39 is 0 Å². The quantitative estimate of drug-likeness (QED) is 0.812. The van der Waals surface area contributed by atoms with Crippen molar-refractivity contribution in [1.29, 1.82) is 0 Å². The summed E-state index contributed by atoms with van der Waals surface area (Å²) in [6.45, 7) is 6.87. The minimum absolute atomic E-state index is 0.343. The molecule has 1 aliphatic carbocycles. The van der Waals surface area contributed by atoms with Crippen LogP contribution < -0.4 is 5.73 Å². The van der Waals surface area contributed by atoms with Gasteiger partial charge in [0.25, 0.3) is 0 Å². The Labute approximate surface area is 126 Å². The van der Waals surface area contributed by atoms with Crippen molar-refractivity contribution in [3.63, 3.8) is 0 Å². The van der Waals surface area contributed by atoms with Crippen molar-refractivity contribution >= 4 is 0 Å². The molecule has 1 saturated heterocycles. The van der Waals surface area contributed by atoms with Gasteiger partial charge in [0.2, 0.25) is 0 Å². The molecule has 0 aromatic rings. The summed E-state index contributed by atoms with van der Waals surface area (Å²) in [6, 6.07) is 0.795. The summed E-state index contributed by atoms with van der Waals surface area (Å²) < 4.78 is 0. The molecule has 1 heterocycles. The maximum atomic E-state index is 6.31. The van der Waals surface area contributed by atoms with Crippen molar-refractivity contribution < 1.29 is 0 Å². The van der Waals surface area contributed by atoms with Crippen LogP contribution in [-0.4, -0.2) is 29.6 Å². The van der Waals surface area contributed by atoms with E-state index in [4.69, 9.17) is 5.73 Å². The maximum absolute atomic E-state index is 6.31. The Kier molecular flexibility index (Phi) is 6.35. The van der Waals surface area contributed by atoms with E-state index in [1.165, 1.54) is 77.2 Å². The molecule has 0 spiro atoms. The van der Waals surface area contributed by atoms with E-state index >= 15 is 0 Å². The van der Waals surface area contributed by atoms with Crippen molar-refractivity contribution in [3.05, 3.63) is 0 Å². The van der Waals surface area contributed by atoms with Gasteiger partial charge in [-0.15, -0.1) is 0 Å². The molecule has 1 unspecified atom stereocenters. The molecule has 0 bridgehead atoms. The van der Waals surface area contributed by atoms with Crippen LogP contribution in [0.4, 0.5) is 0 Å². The summed E-state index contributed by atoms with van der Waals surface area (Å²) in [5, 5.41) is 0. The van der Waals surface area contributed by atoms with Crippen LogP contribution in [-0.2, 0) is 0 Å². The fraction of sp³-hybridized carbons (Fsp3) is 1.00. The van der Waals surface area contributed by atoms with E-state index in [9.17, 15) is 0 Å². The van der Waals surface area contributed by atoms with Crippen molar-refractivity contribution in [2.24, 2.45) is 11.7 Å². The van der Waals surface area contributed by atoms with E-state index in [1.54, 1.807) is 0 Å². The highest BCUT2D eigenvalue weighted by atomic mass is 15.2. The molecule has 1 saturated carbocycles. The molecule has 0 amide bonds. The lowest BCUT2D eigenvalue weighted by Crippen LogP contribution is -2.59. The molecular weight excluding hydrogens is 244 g/mol. The fourth-order valence-electron chi connectivity index (χ4n) is 4.75. The van der Waals surface area contributed by atoms with E-state index in [1.807, 2.05) is 0 Å². The predicted octanol–water partition coefficient (Wildman–Crippen LogP) is 4.33. The van der Waals surface area contributed by atoms with E-state index in [0.717, 1.165) is 18.5 Å². The van der Waals surface area contributed by atoms with Gasteiger partial charge in [-0.3, -0.25) is 4.90 Å². The first-order valence-corrected chi connectivity index (χ1v) is 9.22. The first kappa shape index (κ1) is 16.3. The highest BCUT2D eigenvalue weighted by Gasteiger charge is 2.41. The fourth-order valence-corrected chi connectivity index (χ4v) is 4.75. The first-order valence-electron chi connectivity index (χ1n) is 9.22. The highest BCUT2D eigenvalue weighted by Crippen LogP contribution is 2.40. The normalized spacial score (nSPS) is 36.8. The Morgan fingerprint density at radius 2 is 1.80 bits per heavy atom. The van der Waals surface area contributed by atoms with E-state index in [2.05, 4.69) is 18.7 Å². The molecule has 0 radical (unpaired) electrons. The number of likely N-dealkylation sites (tertiary alicyclic amines) is 1. The van der Waals surface area contributed by atoms with Crippen LogP contribution in [0.25, 0.3) is 0 Å². The Balaban J connectivity index is 2.05. The van der Waals surface area contributed by atoms with Crippen LogP contribution in [0.3, 0.4) is 0 Å². The number of hydrogen-bond donors (Lipinski definition) is 1. The smallest absolute Gasteiger partial charge is 0.0334 e. The van der Waals surface area contributed by atoms with Gasteiger partial charge in [-0.05, 0) is 57.4 Å². The first-order chi connectivity index (χ1) is 9.75. The summed E-state index contributed by atoms with van der Waals surface area (Å²) in [5.74, 6) is 0.978. The lowest BCUT2D eigenvalue weighted by atomic mass is 9.73. The van der Waals surface area contributed by atoms with E-state index in [0.29, 0.717) is 5.54 Å². The molecule has 1 aliphatic heterocycles. The summed E-state index contributed by atoms with van der Waals surface area (Å²) in [7, 11) is 0. The Hall–Kier alpha value is -0.0800. The van der Waals surface area contributed by atoms with Gasteiger partial charge in [0.15, 0.2) is 0 Å². The second-order valence-corrected chi connectivity index (χ2v) is 7.27. The molecule has 0 aromatic heterocycles. The van der Waals surface area contributed by atoms with Crippen LogP contribution in [0.15, 0.2) is 0 Å². The number of hydrogen-bond acceptors (Lipinski definition) is 2. The summed E-state index contributed by atoms with van der Waals surface area (Å²) in [4.78, 5) is 2.86. The minimum atomic E-state index is 0.343. The molecule has 2 nitrogen and oxygen atoms in total. The molecule has 2 rings (SSSR count). The minimum Gasteiger partial charge on any atom is -0.329 e. The molecule has 2 fully saturated rings. The lowest BCUT2D eigenvalue weighted by Gasteiger charge is -2.50. The molecule has 2 aliphatic rings. The van der Waals surface area contributed by atoms with Crippen molar-refractivity contribution in [2.75, 3.05) is 13.1 Å². The predicted molar refractivity (Wildman–Crippen MR) is 87.9 cm³/mol. The second-order valence-electron chi connectivity index (χ2n) is 7.27. The van der Waals surface area contributed by atoms with Gasteiger partial charge in [0, 0.05) is 18.1 Å². The van der Waals surface area contributed by atoms with Gasteiger partial charge < -0.3 is 5.73 Å². The van der Waals surface area contributed by atoms with Crippen LogP contribution in [0, 0.1) is 5.92 Å². The molecule has 118 valence electrons. The largest absolute Gasteiger partial charge is 0.329 e. The van der Waals surface area contributed by atoms with Crippen LogP contribution >= 0.6 is 0 Å². The third kappa shape index (κ3) is 3.57. The average Bonchev–Trinajstić information content (AvgIpc) is 2.74. The van der Waals surface area contributed by atoms with Crippen molar-refractivity contribution in [1.82, 2.24) is 4.90 Å². The Bertz CT molecular complexity index is 269. The number of nitrogens with two attached hydrogens (primary N) is 1. The highest BCUT2D eigenvalue weighted by molar-refractivity contribution is 4.98. The molecular formula is C18H36N2. The Morgan fingerprint density at radius 1 is 1.05 bits per heavy atom.